The zero-order valence-corrected chi connectivity index (χ0v) is 14.5. The zero-order chi connectivity index (χ0) is 16.1. The molecule has 1 saturated heterocycles. The minimum absolute atomic E-state index is 0.324. The van der Waals surface area contributed by atoms with Crippen LogP contribution in [0.5, 0.6) is 0 Å². The summed E-state index contributed by atoms with van der Waals surface area (Å²) < 4.78 is 0. The van der Waals surface area contributed by atoms with Crippen LogP contribution >= 0.6 is 0 Å². The molecule has 1 aromatic rings. The highest BCUT2D eigenvalue weighted by Gasteiger charge is 2.37. The highest BCUT2D eigenvalue weighted by Crippen LogP contribution is 2.38. The summed E-state index contributed by atoms with van der Waals surface area (Å²) in [6.07, 6.45) is 6.25. The summed E-state index contributed by atoms with van der Waals surface area (Å²) >= 11 is 0. The number of nitrogens with zero attached hydrogens (tertiary/aromatic N) is 1. The van der Waals surface area contributed by atoms with Gasteiger partial charge < -0.3 is 10.4 Å². The maximum absolute atomic E-state index is 9.38. The van der Waals surface area contributed by atoms with E-state index >= 15 is 0 Å². The number of rotatable bonds is 8. The van der Waals surface area contributed by atoms with Crippen LogP contribution in [-0.2, 0) is 6.54 Å². The van der Waals surface area contributed by atoms with Crippen molar-refractivity contribution in [2.24, 2.45) is 11.8 Å². The highest BCUT2D eigenvalue weighted by molar-refractivity contribution is 5.14. The van der Waals surface area contributed by atoms with Gasteiger partial charge in [0.2, 0.25) is 0 Å². The van der Waals surface area contributed by atoms with E-state index in [9.17, 15) is 5.11 Å². The molecule has 1 saturated carbocycles. The molecule has 3 atom stereocenters. The van der Waals surface area contributed by atoms with Crippen molar-refractivity contribution >= 4 is 0 Å². The number of piperidine rings is 1. The van der Waals surface area contributed by atoms with Crippen LogP contribution in [0.15, 0.2) is 30.3 Å². The Morgan fingerprint density at radius 1 is 1.22 bits per heavy atom. The van der Waals surface area contributed by atoms with Crippen molar-refractivity contribution in [2.45, 2.75) is 57.7 Å². The molecule has 3 unspecified atom stereocenters. The fourth-order valence-electron chi connectivity index (χ4n) is 4.28. The summed E-state index contributed by atoms with van der Waals surface area (Å²) in [5.41, 5.74) is 1.36. The van der Waals surface area contributed by atoms with E-state index in [1.165, 1.54) is 44.3 Å². The maximum atomic E-state index is 9.38. The minimum atomic E-state index is 0.324. The van der Waals surface area contributed by atoms with Crippen molar-refractivity contribution in [2.75, 3.05) is 19.7 Å². The van der Waals surface area contributed by atoms with Gasteiger partial charge in [-0.3, -0.25) is 4.90 Å². The van der Waals surface area contributed by atoms with Crippen molar-refractivity contribution < 1.29 is 5.11 Å². The number of aliphatic hydroxyl groups excluding tert-OH is 1. The molecule has 1 aliphatic heterocycles. The number of hydrogen-bond acceptors (Lipinski definition) is 3. The molecule has 2 N–H and O–H groups in total. The summed E-state index contributed by atoms with van der Waals surface area (Å²) in [6.45, 7) is 5.96. The van der Waals surface area contributed by atoms with Gasteiger partial charge in [-0.1, -0.05) is 37.3 Å². The molecule has 3 rings (SSSR count). The van der Waals surface area contributed by atoms with E-state index in [1.54, 1.807) is 0 Å². The van der Waals surface area contributed by atoms with Crippen molar-refractivity contribution in [3.8, 4) is 0 Å². The average Bonchev–Trinajstić information content (AvgIpc) is 3.40. The van der Waals surface area contributed by atoms with Crippen LogP contribution in [0.4, 0.5) is 0 Å². The lowest BCUT2D eigenvalue weighted by atomic mass is 9.89. The molecule has 3 heteroatoms. The van der Waals surface area contributed by atoms with E-state index in [0.717, 1.165) is 24.9 Å². The lowest BCUT2D eigenvalue weighted by Gasteiger charge is -2.42. The first-order valence-electron chi connectivity index (χ1n) is 9.42. The van der Waals surface area contributed by atoms with Gasteiger partial charge in [0.15, 0.2) is 0 Å². The summed E-state index contributed by atoms with van der Waals surface area (Å²) in [5.74, 6) is 1.57. The van der Waals surface area contributed by atoms with Gasteiger partial charge in [0.25, 0.3) is 0 Å². The van der Waals surface area contributed by atoms with Gasteiger partial charge in [-0.25, -0.2) is 0 Å². The smallest absolute Gasteiger partial charge is 0.0434 e. The summed E-state index contributed by atoms with van der Waals surface area (Å²) in [5, 5.41) is 13.1. The summed E-state index contributed by atoms with van der Waals surface area (Å²) in [4.78, 5) is 2.73. The Hall–Kier alpha value is -0.900. The third kappa shape index (κ3) is 4.79. The second kappa shape index (κ2) is 8.27. The predicted molar refractivity (Wildman–Crippen MR) is 95.3 cm³/mol. The minimum Gasteiger partial charge on any atom is -0.396 e. The maximum Gasteiger partial charge on any atom is 0.0434 e. The third-order valence-corrected chi connectivity index (χ3v) is 5.59. The van der Waals surface area contributed by atoms with Gasteiger partial charge >= 0.3 is 0 Å². The number of likely N-dealkylation sites (tertiary alicyclic amines) is 1. The molecule has 0 aromatic heterocycles. The molecular weight excluding hydrogens is 284 g/mol. The molecule has 0 amide bonds. The molecular formula is C20H32N2O. The lowest BCUT2D eigenvalue weighted by molar-refractivity contribution is 0.0727. The standard InChI is InChI=1S/C20H32N2O/c1-2-20(18-8-9-18)22-14-17(10-11-23)12-19(15-22)21-13-16-6-4-3-5-7-16/h3-7,17-21,23H,2,8-15H2,1H3. The van der Waals surface area contributed by atoms with Crippen LogP contribution < -0.4 is 5.32 Å². The van der Waals surface area contributed by atoms with Gasteiger partial charge in [0, 0.05) is 38.3 Å². The monoisotopic (exact) mass is 316 g/mol. The van der Waals surface area contributed by atoms with E-state index in [4.69, 9.17) is 0 Å². The van der Waals surface area contributed by atoms with E-state index in [2.05, 4.69) is 47.5 Å². The fraction of sp³-hybridized carbons (Fsp3) is 0.700. The third-order valence-electron chi connectivity index (χ3n) is 5.59. The van der Waals surface area contributed by atoms with E-state index in [-0.39, 0.29) is 0 Å². The molecule has 0 bridgehead atoms. The molecule has 2 fully saturated rings. The molecule has 1 heterocycles. The predicted octanol–water partition coefficient (Wildman–Crippen LogP) is 3.04. The van der Waals surface area contributed by atoms with Gasteiger partial charge in [-0.2, -0.15) is 0 Å². The number of aliphatic hydroxyl groups is 1. The van der Waals surface area contributed by atoms with Gasteiger partial charge in [0.05, 0.1) is 0 Å². The van der Waals surface area contributed by atoms with Crippen LogP contribution in [0, 0.1) is 11.8 Å². The van der Waals surface area contributed by atoms with Gasteiger partial charge in [-0.15, -0.1) is 0 Å². The second-order valence-electron chi connectivity index (χ2n) is 7.44. The van der Waals surface area contributed by atoms with Crippen LogP contribution in [0.3, 0.4) is 0 Å². The Morgan fingerprint density at radius 3 is 2.65 bits per heavy atom. The SMILES string of the molecule is CCC(C1CC1)N1CC(CCO)CC(NCc2ccccc2)C1. The molecule has 0 spiro atoms. The summed E-state index contributed by atoms with van der Waals surface area (Å²) in [7, 11) is 0. The average molecular weight is 316 g/mol. The highest BCUT2D eigenvalue weighted by atomic mass is 16.3. The number of nitrogens with one attached hydrogen (secondary N) is 1. The topological polar surface area (TPSA) is 35.5 Å². The summed E-state index contributed by atoms with van der Waals surface area (Å²) in [6, 6.07) is 12.0. The zero-order valence-electron chi connectivity index (χ0n) is 14.5. The van der Waals surface area contributed by atoms with Crippen molar-refractivity contribution in [3.63, 3.8) is 0 Å². The lowest BCUT2D eigenvalue weighted by Crippen LogP contribution is -2.53. The van der Waals surface area contributed by atoms with Crippen molar-refractivity contribution in [3.05, 3.63) is 35.9 Å². The van der Waals surface area contributed by atoms with E-state index < -0.39 is 0 Å². The molecule has 2 aliphatic rings. The normalized spacial score (nSPS) is 27.0. The van der Waals surface area contributed by atoms with Crippen LogP contribution in [0.25, 0.3) is 0 Å². The van der Waals surface area contributed by atoms with Crippen LogP contribution in [0.2, 0.25) is 0 Å². The molecule has 23 heavy (non-hydrogen) atoms. The van der Waals surface area contributed by atoms with Gasteiger partial charge in [0.1, 0.15) is 0 Å². The second-order valence-corrected chi connectivity index (χ2v) is 7.44. The van der Waals surface area contributed by atoms with Crippen molar-refractivity contribution in [1.82, 2.24) is 10.2 Å². The fourth-order valence-corrected chi connectivity index (χ4v) is 4.28. The van der Waals surface area contributed by atoms with E-state index in [1.807, 2.05) is 0 Å². The molecule has 0 radical (unpaired) electrons. The Kier molecular flexibility index (Phi) is 6.09. The largest absolute Gasteiger partial charge is 0.396 e. The van der Waals surface area contributed by atoms with Crippen molar-refractivity contribution in [1.29, 1.82) is 0 Å². The quantitative estimate of drug-likeness (QED) is 0.774. The molecule has 128 valence electrons. The molecule has 1 aliphatic carbocycles. The first-order chi connectivity index (χ1) is 11.3. The first kappa shape index (κ1) is 16.9. The first-order valence-corrected chi connectivity index (χ1v) is 9.42. The van der Waals surface area contributed by atoms with Crippen LogP contribution in [0.1, 0.15) is 44.6 Å². The number of benzene rings is 1. The van der Waals surface area contributed by atoms with Gasteiger partial charge in [-0.05, 0) is 49.5 Å². The molecule has 3 nitrogen and oxygen atoms in total. The van der Waals surface area contributed by atoms with E-state index in [0.29, 0.717) is 18.6 Å². The molecule has 1 aromatic carbocycles. The Balaban J connectivity index is 1.59. The Labute approximate surface area is 141 Å². The van der Waals surface area contributed by atoms with Crippen LogP contribution in [-0.4, -0.2) is 41.8 Å². The number of hydrogen-bond donors (Lipinski definition) is 2. The Morgan fingerprint density at radius 2 is 2.00 bits per heavy atom. The Bertz CT molecular complexity index is 460.